The van der Waals surface area contributed by atoms with Gasteiger partial charge in [-0.05, 0) is 48.2 Å². The number of nitrogens with zero attached hydrogens (tertiary/aromatic N) is 2. The molecule has 1 fully saturated rings. The fourth-order valence-corrected chi connectivity index (χ4v) is 3.80. The molecule has 0 aliphatic carbocycles. The van der Waals surface area contributed by atoms with Crippen molar-refractivity contribution < 1.29 is 19.8 Å². The molecule has 0 aromatic heterocycles. The van der Waals surface area contributed by atoms with Crippen molar-refractivity contribution in [1.29, 1.82) is 0 Å². The average molecular weight is 423 g/mol. The Bertz CT molecular complexity index is 1000. The van der Waals surface area contributed by atoms with Crippen molar-refractivity contribution in [2.24, 2.45) is 4.99 Å². The predicted molar refractivity (Wildman–Crippen MR) is 107 cm³/mol. The molecule has 2 N–H and O–H groups in total. The fraction of sp³-hybridized carbons (Fsp3) is 0.0556. The number of amides is 1. The fourth-order valence-electron chi connectivity index (χ4n) is 2.33. The van der Waals surface area contributed by atoms with E-state index in [1.165, 1.54) is 24.1 Å². The van der Waals surface area contributed by atoms with Gasteiger partial charge in [0.1, 0.15) is 5.75 Å². The molecule has 1 aliphatic heterocycles. The maximum Gasteiger partial charge on any atom is 0.338 e. The van der Waals surface area contributed by atoms with Crippen LogP contribution < -0.4 is 0 Å². The van der Waals surface area contributed by atoms with Gasteiger partial charge >= 0.3 is 5.97 Å². The first-order valence-corrected chi connectivity index (χ1v) is 9.12. The Labute approximate surface area is 168 Å². The van der Waals surface area contributed by atoms with Crippen molar-refractivity contribution in [3.8, 4) is 5.75 Å². The van der Waals surface area contributed by atoms with Gasteiger partial charge in [0, 0.05) is 22.7 Å². The van der Waals surface area contributed by atoms with Gasteiger partial charge in [0.15, 0.2) is 5.17 Å². The number of carboxylic acids is 1. The summed E-state index contributed by atoms with van der Waals surface area (Å²) in [4.78, 5) is 29.8. The minimum absolute atomic E-state index is 0.125. The molecule has 0 unspecified atom stereocenters. The van der Waals surface area contributed by atoms with E-state index in [1.54, 1.807) is 24.3 Å². The highest BCUT2D eigenvalue weighted by Gasteiger charge is 2.31. The molecule has 0 spiro atoms. The molecule has 138 valence electrons. The number of rotatable bonds is 3. The number of halogens is 2. The highest BCUT2D eigenvalue weighted by atomic mass is 35.5. The van der Waals surface area contributed by atoms with Crippen molar-refractivity contribution in [3.63, 3.8) is 0 Å². The minimum atomic E-state index is -1.24. The highest BCUT2D eigenvalue weighted by Crippen LogP contribution is 2.36. The SMILES string of the molecule is CN1C(=O)/C(=C/c2c(Cl)cccc2Cl)SC1=Nc1ccc(O)cc1C(=O)O. The van der Waals surface area contributed by atoms with Gasteiger partial charge in [-0.1, -0.05) is 29.3 Å². The van der Waals surface area contributed by atoms with E-state index in [0.29, 0.717) is 25.7 Å². The molecule has 27 heavy (non-hydrogen) atoms. The topological polar surface area (TPSA) is 90.2 Å². The van der Waals surface area contributed by atoms with Crippen molar-refractivity contribution in [3.05, 3.63) is 62.5 Å². The zero-order valence-corrected chi connectivity index (χ0v) is 16.1. The van der Waals surface area contributed by atoms with Crippen LogP contribution in [0, 0.1) is 0 Å². The highest BCUT2D eigenvalue weighted by molar-refractivity contribution is 8.18. The summed E-state index contributed by atoms with van der Waals surface area (Å²) in [5.74, 6) is -1.74. The van der Waals surface area contributed by atoms with Gasteiger partial charge in [0.05, 0.1) is 16.2 Å². The van der Waals surface area contributed by atoms with E-state index in [1.807, 2.05) is 0 Å². The maximum absolute atomic E-state index is 12.5. The zero-order chi connectivity index (χ0) is 19.7. The number of thioether (sulfide) groups is 1. The van der Waals surface area contributed by atoms with Crippen LogP contribution in [0.2, 0.25) is 10.0 Å². The number of aliphatic imine (C=N–C) groups is 1. The van der Waals surface area contributed by atoms with Crippen LogP contribution in [0.4, 0.5) is 5.69 Å². The Hall–Kier alpha value is -2.48. The zero-order valence-electron chi connectivity index (χ0n) is 13.8. The largest absolute Gasteiger partial charge is 0.508 e. The molecule has 3 rings (SSSR count). The minimum Gasteiger partial charge on any atom is -0.508 e. The van der Waals surface area contributed by atoms with Crippen LogP contribution in [0.3, 0.4) is 0 Å². The predicted octanol–water partition coefficient (Wildman–Crippen LogP) is 4.63. The normalized spacial score (nSPS) is 17.1. The number of aromatic carboxylic acids is 1. The van der Waals surface area contributed by atoms with E-state index in [0.717, 1.165) is 17.8 Å². The second kappa shape index (κ2) is 7.64. The number of amidine groups is 1. The van der Waals surface area contributed by atoms with Gasteiger partial charge < -0.3 is 10.2 Å². The van der Waals surface area contributed by atoms with Crippen molar-refractivity contribution in [2.75, 3.05) is 7.05 Å². The molecular weight excluding hydrogens is 411 g/mol. The summed E-state index contributed by atoms with van der Waals surface area (Å²) in [6.45, 7) is 0. The number of likely N-dealkylation sites (N-methyl/N-ethyl adjacent to an activating group) is 1. The first-order valence-electron chi connectivity index (χ1n) is 7.54. The van der Waals surface area contributed by atoms with Gasteiger partial charge in [-0.25, -0.2) is 9.79 Å². The molecule has 0 atom stereocenters. The number of carboxylic acid groups (broad SMARTS) is 1. The summed E-state index contributed by atoms with van der Waals surface area (Å²) in [6, 6.07) is 8.83. The lowest BCUT2D eigenvalue weighted by Crippen LogP contribution is -2.23. The molecule has 2 aromatic rings. The third kappa shape index (κ3) is 3.95. The lowest BCUT2D eigenvalue weighted by molar-refractivity contribution is -0.121. The lowest BCUT2D eigenvalue weighted by Gasteiger charge is -2.08. The molecule has 2 aromatic carbocycles. The maximum atomic E-state index is 12.5. The third-order valence-corrected chi connectivity index (χ3v) is 5.42. The van der Waals surface area contributed by atoms with Gasteiger partial charge in [-0.15, -0.1) is 0 Å². The quantitative estimate of drug-likeness (QED) is 0.703. The molecular formula is C18H12Cl2N2O4S. The summed E-state index contributed by atoms with van der Waals surface area (Å²) in [5.41, 5.74) is 0.470. The number of hydrogen-bond donors (Lipinski definition) is 2. The van der Waals surface area contributed by atoms with Crippen LogP contribution in [-0.4, -0.2) is 39.2 Å². The summed E-state index contributed by atoms with van der Waals surface area (Å²) in [6.07, 6.45) is 1.58. The second-order valence-electron chi connectivity index (χ2n) is 5.51. The standard InChI is InChI=1S/C18H12Cl2N2O4S/c1-22-16(24)15(8-10-12(19)3-2-4-13(10)20)27-18(22)21-14-6-5-9(23)7-11(14)17(25)26/h2-8,23H,1H3,(H,25,26)/b15-8-,21-18?. The van der Waals surface area contributed by atoms with Crippen LogP contribution in [-0.2, 0) is 4.79 Å². The number of carbonyl (C=O) groups is 2. The summed E-state index contributed by atoms with van der Waals surface area (Å²) in [7, 11) is 1.53. The molecule has 6 nitrogen and oxygen atoms in total. The molecule has 9 heteroatoms. The molecule has 1 saturated heterocycles. The molecule has 0 radical (unpaired) electrons. The Morgan fingerprint density at radius 3 is 2.52 bits per heavy atom. The Morgan fingerprint density at radius 2 is 1.89 bits per heavy atom. The van der Waals surface area contributed by atoms with Crippen LogP contribution in [0.5, 0.6) is 5.75 Å². The third-order valence-electron chi connectivity index (χ3n) is 3.71. The molecule has 1 heterocycles. The Morgan fingerprint density at radius 1 is 1.22 bits per heavy atom. The van der Waals surface area contributed by atoms with E-state index in [-0.39, 0.29) is 22.9 Å². The number of phenolic OH excluding ortho intramolecular Hbond substituents is 1. The number of hydrogen-bond acceptors (Lipinski definition) is 5. The molecule has 1 aliphatic rings. The van der Waals surface area contributed by atoms with Gasteiger partial charge in [-0.2, -0.15) is 0 Å². The molecule has 0 saturated carbocycles. The Balaban J connectivity index is 2.01. The second-order valence-corrected chi connectivity index (χ2v) is 7.33. The van der Waals surface area contributed by atoms with Gasteiger partial charge in [-0.3, -0.25) is 9.69 Å². The summed E-state index contributed by atoms with van der Waals surface area (Å²) in [5, 5.41) is 19.9. The van der Waals surface area contributed by atoms with E-state index in [4.69, 9.17) is 23.2 Å². The molecule has 0 bridgehead atoms. The van der Waals surface area contributed by atoms with Crippen LogP contribution in [0.15, 0.2) is 46.3 Å². The van der Waals surface area contributed by atoms with Crippen LogP contribution in [0.1, 0.15) is 15.9 Å². The van der Waals surface area contributed by atoms with E-state index >= 15 is 0 Å². The first kappa shape index (κ1) is 19.3. The van der Waals surface area contributed by atoms with E-state index in [9.17, 15) is 19.8 Å². The molecule has 1 amide bonds. The summed E-state index contributed by atoms with van der Waals surface area (Å²) >= 11 is 13.4. The van der Waals surface area contributed by atoms with E-state index < -0.39 is 5.97 Å². The average Bonchev–Trinajstić information content (AvgIpc) is 2.87. The monoisotopic (exact) mass is 422 g/mol. The van der Waals surface area contributed by atoms with Crippen molar-refractivity contribution in [2.45, 2.75) is 0 Å². The van der Waals surface area contributed by atoms with Crippen molar-refractivity contribution >= 4 is 63.8 Å². The first-order chi connectivity index (χ1) is 12.8. The number of carbonyl (C=O) groups excluding carboxylic acids is 1. The smallest absolute Gasteiger partial charge is 0.338 e. The number of benzene rings is 2. The summed E-state index contributed by atoms with van der Waals surface area (Å²) < 4.78 is 0. The van der Waals surface area contributed by atoms with Crippen LogP contribution in [0.25, 0.3) is 6.08 Å². The van der Waals surface area contributed by atoms with Crippen LogP contribution >= 0.6 is 35.0 Å². The lowest BCUT2D eigenvalue weighted by atomic mass is 10.2. The Kier molecular flexibility index (Phi) is 5.46. The number of phenols is 1. The van der Waals surface area contributed by atoms with Gasteiger partial charge in [0.25, 0.3) is 5.91 Å². The van der Waals surface area contributed by atoms with Gasteiger partial charge in [0.2, 0.25) is 0 Å². The number of aromatic hydroxyl groups is 1. The van der Waals surface area contributed by atoms with E-state index in [2.05, 4.69) is 4.99 Å². The van der Waals surface area contributed by atoms with Crippen molar-refractivity contribution in [1.82, 2.24) is 4.90 Å².